The molecule has 0 aliphatic heterocycles. The maximum atomic E-state index is 7.31. The van der Waals surface area contributed by atoms with Crippen molar-refractivity contribution in [1.29, 1.82) is 5.41 Å². The van der Waals surface area contributed by atoms with E-state index in [1.165, 1.54) is 0 Å². The molecule has 2 nitrogen and oxygen atoms in total. The number of nitrogens with one attached hydrogen (secondary N) is 2. The molecular formula is C8H16N2. The lowest BCUT2D eigenvalue weighted by molar-refractivity contribution is 0.845. The second kappa shape index (κ2) is 4.09. The van der Waals surface area contributed by atoms with Crippen LogP contribution >= 0.6 is 0 Å². The van der Waals surface area contributed by atoms with Gasteiger partial charge < -0.3 is 10.7 Å². The number of hydrogen-bond donors (Lipinski definition) is 2. The van der Waals surface area contributed by atoms with Crippen LogP contribution < -0.4 is 5.32 Å². The lowest BCUT2D eigenvalue weighted by Crippen LogP contribution is -2.13. The van der Waals surface area contributed by atoms with Crippen LogP contribution in [0.5, 0.6) is 0 Å². The summed E-state index contributed by atoms with van der Waals surface area (Å²) in [4.78, 5) is 0. The van der Waals surface area contributed by atoms with Gasteiger partial charge in [0.05, 0.1) is 0 Å². The van der Waals surface area contributed by atoms with E-state index in [0.29, 0.717) is 5.71 Å². The lowest BCUT2D eigenvalue weighted by atomic mass is 10.1. The fourth-order valence-electron chi connectivity index (χ4n) is 0.679. The minimum Gasteiger partial charge on any atom is -0.389 e. The summed E-state index contributed by atoms with van der Waals surface area (Å²) in [5.41, 5.74) is 2.79. The van der Waals surface area contributed by atoms with Crippen molar-refractivity contribution in [3.63, 3.8) is 0 Å². The minimum atomic E-state index is 0.637. The fourth-order valence-corrected chi connectivity index (χ4v) is 0.679. The SMILES string of the molecule is CCN/C(C)=C(/C)C(C)=N. The first-order valence-corrected chi connectivity index (χ1v) is 3.56. The summed E-state index contributed by atoms with van der Waals surface area (Å²) in [6.07, 6.45) is 0. The van der Waals surface area contributed by atoms with Gasteiger partial charge in [0.1, 0.15) is 0 Å². The summed E-state index contributed by atoms with van der Waals surface area (Å²) in [7, 11) is 0. The summed E-state index contributed by atoms with van der Waals surface area (Å²) < 4.78 is 0. The second-order valence-electron chi connectivity index (χ2n) is 2.41. The van der Waals surface area contributed by atoms with Gasteiger partial charge in [-0.2, -0.15) is 0 Å². The predicted octanol–water partition coefficient (Wildman–Crippen LogP) is 1.93. The number of hydrogen-bond acceptors (Lipinski definition) is 2. The lowest BCUT2D eigenvalue weighted by Gasteiger charge is -2.06. The highest BCUT2D eigenvalue weighted by molar-refractivity contribution is 5.95. The van der Waals surface area contributed by atoms with Crippen LogP contribution in [0.3, 0.4) is 0 Å². The first-order valence-electron chi connectivity index (χ1n) is 3.56. The summed E-state index contributed by atoms with van der Waals surface area (Å²) in [6, 6.07) is 0. The second-order valence-corrected chi connectivity index (χ2v) is 2.41. The molecule has 10 heavy (non-hydrogen) atoms. The van der Waals surface area contributed by atoms with E-state index < -0.39 is 0 Å². The Kier molecular flexibility index (Phi) is 3.77. The molecule has 2 heteroatoms. The van der Waals surface area contributed by atoms with Gasteiger partial charge in [-0.05, 0) is 33.3 Å². The molecule has 0 bridgehead atoms. The van der Waals surface area contributed by atoms with Crippen LogP contribution in [0, 0.1) is 5.41 Å². The molecule has 0 unspecified atom stereocenters. The molecular weight excluding hydrogens is 124 g/mol. The van der Waals surface area contributed by atoms with Crippen LogP contribution in [0.15, 0.2) is 11.3 Å². The van der Waals surface area contributed by atoms with Crippen molar-refractivity contribution in [2.24, 2.45) is 0 Å². The van der Waals surface area contributed by atoms with Gasteiger partial charge in [0.15, 0.2) is 0 Å². The topological polar surface area (TPSA) is 35.9 Å². The molecule has 0 aromatic heterocycles. The molecule has 0 aromatic carbocycles. The van der Waals surface area contributed by atoms with Gasteiger partial charge in [-0.15, -0.1) is 0 Å². The highest BCUT2D eigenvalue weighted by atomic mass is 14.9. The Labute approximate surface area is 62.8 Å². The zero-order valence-corrected chi connectivity index (χ0v) is 7.21. The summed E-state index contributed by atoms with van der Waals surface area (Å²) in [6.45, 7) is 8.74. The van der Waals surface area contributed by atoms with Gasteiger partial charge in [-0.3, -0.25) is 0 Å². The Morgan fingerprint density at radius 3 is 2.10 bits per heavy atom. The van der Waals surface area contributed by atoms with Crippen LogP contribution in [-0.4, -0.2) is 12.3 Å². The molecule has 2 N–H and O–H groups in total. The van der Waals surface area contributed by atoms with Crippen molar-refractivity contribution in [3.8, 4) is 0 Å². The van der Waals surface area contributed by atoms with Gasteiger partial charge in [0.2, 0.25) is 0 Å². The third-order valence-electron chi connectivity index (χ3n) is 1.57. The molecule has 0 saturated carbocycles. The molecule has 0 amide bonds. The third-order valence-corrected chi connectivity index (χ3v) is 1.57. The first kappa shape index (κ1) is 9.21. The Morgan fingerprint density at radius 2 is 1.80 bits per heavy atom. The van der Waals surface area contributed by atoms with E-state index >= 15 is 0 Å². The number of rotatable bonds is 3. The van der Waals surface area contributed by atoms with Gasteiger partial charge in [-0.1, -0.05) is 0 Å². The highest BCUT2D eigenvalue weighted by Crippen LogP contribution is 2.00. The Morgan fingerprint density at radius 1 is 1.30 bits per heavy atom. The smallest absolute Gasteiger partial charge is 0.0329 e. The van der Waals surface area contributed by atoms with Crippen molar-refractivity contribution in [2.75, 3.05) is 6.54 Å². The van der Waals surface area contributed by atoms with Crippen LogP contribution in [0.4, 0.5) is 0 Å². The van der Waals surface area contributed by atoms with Crippen LogP contribution in [0.25, 0.3) is 0 Å². The van der Waals surface area contributed by atoms with Crippen molar-refractivity contribution in [3.05, 3.63) is 11.3 Å². The van der Waals surface area contributed by atoms with E-state index in [2.05, 4.69) is 12.2 Å². The van der Waals surface area contributed by atoms with E-state index in [4.69, 9.17) is 5.41 Å². The van der Waals surface area contributed by atoms with Gasteiger partial charge in [-0.25, -0.2) is 0 Å². The summed E-state index contributed by atoms with van der Waals surface area (Å²) in [5.74, 6) is 0. The number of allylic oxidation sites excluding steroid dienone is 2. The molecule has 0 aliphatic rings. The zero-order valence-electron chi connectivity index (χ0n) is 7.21. The van der Waals surface area contributed by atoms with Crippen LogP contribution in [0.1, 0.15) is 27.7 Å². The predicted molar refractivity (Wildman–Crippen MR) is 45.5 cm³/mol. The van der Waals surface area contributed by atoms with E-state index in [9.17, 15) is 0 Å². The first-order chi connectivity index (χ1) is 4.59. The molecule has 0 rings (SSSR count). The molecule has 0 saturated heterocycles. The summed E-state index contributed by atoms with van der Waals surface area (Å²) >= 11 is 0. The van der Waals surface area contributed by atoms with E-state index in [1.807, 2.05) is 13.8 Å². The average molecular weight is 140 g/mol. The normalized spacial score (nSPS) is 12.4. The molecule has 0 atom stereocenters. The standard InChI is InChI=1S/C8H16N2/c1-5-10-8(4)6(2)7(3)9/h9-10H,5H2,1-4H3/b8-6-,9-7?. The van der Waals surface area contributed by atoms with Crippen LogP contribution in [-0.2, 0) is 0 Å². The van der Waals surface area contributed by atoms with E-state index in [1.54, 1.807) is 6.92 Å². The maximum absolute atomic E-state index is 7.31. The van der Waals surface area contributed by atoms with Gasteiger partial charge in [0.25, 0.3) is 0 Å². The van der Waals surface area contributed by atoms with E-state index in [0.717, 1.165) is 17.8 Å². The molecule has 0 aliphatic carbocycles. The summed E-state index contributed by atoms with van der Waals surface area (Å²) in [5, 5.41) is 10.5. The van der Waals surface area contributed by atoms with Crippen molar-refractivity contribution in [1.82, 2.24) is 5.32 Å². The van der Waals surface area contributed by atoms with Crippen molar-refractivity contribution < 1.29 is 0 Å². The monoisotopic (exact) mass is 140 g/mol. The van der Waals surface area contributed by atoms with Gasteiger partial charge >= 0.3 is 0 Å². The Bertz CT molecular complexity index is 157. The molecule has 0 aromatic rings. The Hall–Kier alpha value is -0.790. The van der Waals surface area contributed by atoms with Crippen LogP contribution in [0.2, 0.25) is 0 Å². The maximum Gasteiger partial charge on any atom is 0.0329 e. The molecule has 58 valence electrons. The average Bonchev–Trinajstić information content (AvgIpc) is 1.87. The molecule has 0 spiro atoms. The zero-order chi connectivity index (χ0) is 8.15. The minimum absolute atomic E-state index is 0.637. The fraction of sp³-hybridized carbons (Fsp3) is 0.625. The quantitative estimate of drug-likeness (QED) is 0.577. The van der Waals surface area contributed by atoms with Gasteiger partial charge in [0, 0.05) is 18.0 Å². The largest absolute Gasteiger partial charge is 0.389 e. The third kappa shape index (κ3) is 2.67. The van der Waals surface area contributed by atoms with E-state index in [-0.39, 0.29) is 0 Å². The van der Waals surface area contributed by atoms with Crippen molar-refractivity contribution in [2.45, 2.75) is 27.7 Å². The molecule has 0 fully saturated rings. The molecule has 0 radical (unpaired) electrons. The highest BCUT2D eigenvalue weighted by Gasteiger charge is 1.95. The van der Waals surface area contributed by atoms with Crippen molar-refractivity contribution >= 4 is 5.71 Å². The Balaban J connectivity index is 4.19. The molecule has 0 heterocycles.